The molecule has 7 nitrogen and oxygen atoms in total. The number of para-hydroxylation sites is 2. The normalized spacial score (nSPS) is 15.8. The lowest BCUT2D eigenvalue weighted by molar-refractivity contribution is 0.0936. The van der Waals surface area contributed by atoms with Gasteiger partial charge in [-0.05, 0) is 29.8 Å². The summed E-state index contributed by atoms with van der Waals surface area (Å²) in [7, 11) is 1.69. The molecule has 2 N–H and O–H groups in total. The number of nitrogens with zero attached hydrogens (tertiary/aromatic N) is 3. The van der Waals surface area contributed by atoms with Crippen LogP contribution < -0.4 is 20.1 Å². The minimum absolute atomic E-state index is 0.129. The molecule has 4 rings (SSSR count). The van der Waals surface area contributed by atoms with Crippen LogP contribution in [-0.2, 0) is 6.54 Å². The molecule has 0 radical (unpaired) electrons. The Labute approximate surface area is 168 Å². The first kappa shape index (κ1) is 18.8. The van der Waals surface area contributed by atoms with Gasteiger partial charge >= 0.3 is 0 Å². The van der Waals surface area contributed by atoms with E-state index in [-0.39, 0.29) is 11.9 Å². The Morgan fingerprint density at radius 3 is 2.86 bits per heavy atom. The average Bonchev–Trinajstić information content (AvgIpc) is 3.28. The summed E-state index contributed by atoms with van der Waals surface area (Å²) in [6, 6.07) is 12.7. The van der Waals surface area contributed by atoms with Crippen LogP contribution in [0.15, 0.2) is 66.2 Å². The van der Waals surface area contributed by atoms with E-state index in [2.05, 4.69) is 20.6 Å². The van der Waals surface area contributed by atoms with Crippen molar-refractivity contribution in [2.75, 3.05) is 20.2 Å². The first-order chi connectivity index (χ1) is 14.2. The number of imidazole rings is 1. The number of aliphatic imine (C=N–C) groups is 1. The lowest BCUT2D eigenvalue weighted by Gasteiger charge is -2.27. The Kier molecular flexibility index (Phi) is 5.60. The SMILES string of the molecule is CN=C(NCc1ccc(-n2ccnc2)c(F)c1)NCC1COc2ccccc2O1. The van der Waals surface area contributed by atoms with E-state index >= 15 is 0 Å². The van der Waals surface area contributed by atoms with Gasteiger partial charge in [0.25, 0.3) is 0 Å². The molecule has 2 aromatic carbocycles. The molecule has 8 heteroatoms. The van der Waals surface area contributed by atoms with E-state index in [4.69, 9.17) is 9.47 Å². The maximum absolute atomic E-state index is 14.4. The predicted octanol–water partition coefficient (Wildman–Crippen LogP) is 2.52. The molecule has 1 aromatic heterocycles. The lowest BCUT2D eigenvalue weighted by atomic mass is 10.2. The summed E-state index contributed by atoms with van der Waals surface area (Å²) in [4.78, 5) is 8.15. The molecule has 0 aliphatic carbocycles. The molecule has 0 spiro atoms. The number of fused-ring (bicyclic) bond motifs is 1. The fourth-order valence-electron chi connectivity index (χ4n) is 3.05. The minimum Gasteiger partial charge on any atom is -0.486 e. The summed E-state index contributed by atoms with van der Waals surface area (Å²) in [6.45, 7) is 1.43. The first-order valence-electron chi connectivity index (χ1n) is 9.32. The van der Waals surface area contributed by atoms with Crippen molar-refractivity contribution in [2.45, 2.75) is 12.6 Å². The molecule has 0 fully saturated rings. The van der Waals surface area contributed by atoms with E-state index in [0.29, 0.717) is 31.3 Å². The van der Waals surface area contributed by atoms with Gasteiger partial charge in [0.1, 0.15) is 18.5 Å². The van der Waals surface area contributed by atoms with Crippen molar-refractivity contribution >= 4 is 5.96 Å². The van der Waals surface area contributed by atoms with Crippen molar-refractivity contribution in [3.63, 3.8) is 0 Å². The van der Waals surface area contributed by atoms with Gasteiger partial charge in [-0.2, -0.15) is 0 Å². The highest BCUT2D eigenvalue weighted by molar-refractivity contribution is 5.79. The third-order valence-corrected chi connectivity index (χ3v) is 4.54. The first-order valence-corrected chi connectivity index (χ1v) is 9.32. The zero-order valence-corrected chi connectivity index (χ0v) is 16.0. The quantitative estimate of drug-likeness (QED) is 0.513. The van der Waals surface area contributed by atoms with Gasteiger partial charge in [-0.3, -0.25) is 4.99 Å². The fraction of sp³-hybridized carbons (Fsp3) is 0.238. The molecule has 0 bridgehead atoms. The zero-order valence-electron chi connectivity index (χ0n) is 16.0. The van der Waals surface area contributed by atoms with Gasteiger partial charge in [-0.25, -0.2) is 9.37 Å². The van der Waals surface area contributed by atoms with Crippen LogP contribution in [0.2, 0.25) is 0 Å². The number of nitrogens with one attached hydrogen (secondary N) is 2. The molecule has 3 aromatic rings. The van der Waals surface area contributed by atoms with Crippen LogP contribution in [0.4, 0.5) is 4.39 Å². The molecule has 1 atom stereocenters. The molecule has 29 heavy (non-hydrogen) atoms. The summed E-state index contributed by atoms with van der Waals surface area (Å²) in [5.41, 5.74) is 1.27. The molecular weight excluding hydrogens is 373 g/mol. The van der Waals surface area contributed by atoms with Crippen molar-refractivity contribution < 1.29 is 13.9 Å². The Morgan fingerprint density at radius 1 is 1.24 bits per heavy atom. The van der Waals surface area contributed by atoms with Crippen LogP contribution in [-0.4, -0.2) is 41.8 Å². The van der Waals surface area contributed by atoms with Crippen molar-refractivity contribution in [1.82, 2.24) is 20.2 Å². The van der Waals surface area contributed by atoms with E-state index in [9.17, 15) is 4.39 Å². The zero-order chi connectivity index (χ0) is 20.1. The van der Waals surface area contributed by atoms with Crippen molar-refractivity contribution in [2.24, 2.45) is 4.99 Å². The Bertz CT molecular complexity index is 990. The molecular formula is C21H22FN5O2. The number of guanidine groups is 1. The molecule has 1 aliphatic heterocycles. The standard InChI is InChI=1S/C21H22FN5O2/c1-23-21(26-12-16-13-28-19-4-2-3-5-20(19)29-16)25-11-15-6-7-18(17(22)10-15)27-9-8-24-14-27/h2-10,14,16H,11-13H2,1H3,(H2,23,25,26). The van der Waals surface area contributed by atoms with Crippen LogP contribution in [0.25, 0.3) is 5.69 Å². The van der Waals surface area contributed by atoms with Gasteiger partial charge in [0.05, 0.1) is 18.6 Å². The van der Waals surface area contributed by atoms with Crippen LogP contribution in [0.3, 0.4) is 0 Å². The number of hydrogen-bond acceptors (Lipinski definition) is 4. The summed E-state index contributed by atoms with van der Waals surface area (Å²) >= 11 is 0. The van der Waals surface area contributed by atoms with E-state index in [0.717, 1.165) is 17.1 Å². The second kappa shape index (κ2) is 8.64. The summed E-state index contributed by atoms with van der Waals surface area (Å²) < 4.78 is 27.7. The third-order valence-electron chi connectivity index (χ3n) is 4.54. The number of aromatic nitrogens is 2. The third kappa shape index (κ3) is 4.48. The van der Waals surface area contributed by atoms with Crippen LogP contribution >= 0.6 is 0 Å². The number of rotatable bonds is 5. The van der Waals surface area contributed by atoms with E-state index in [1.54, 1.807) is 36.4 Å². The predicted molar refractivity (Wildman–Crippen MR) is 108 cm³/mol. The average molecular weight is 395 g/mol. The molecule has 2 heterocycles. The van der Waals surface area contributed by atoms with Crippen LogP contribution in [0, 0.1) is 5.82 Å². The molecule has 0 saturated carbocycles. The minimum atomic E-state index is -0.309. The Morgan fingerprint density at radius 2 is 2.10 bits per heavy atom. The van der Waals surface area contributed by atoms with Gasteiger partial charge in [-0.1, -0.05) is 18.2 Å². The van der Waals surface area contributed by atoms with Gasteiger partial charge in [0.2, 0.25) is 0 Å². The highest BCUT2D eigenvalue weighted by Gasteiger charge is 2.20. The van der Waals surface area contributed by atoms with E-state index in [1.807, 2.05) is 30.3 Å². The highest BCUT2D eigenvalue weighted by Crippen LogP contribution is 2.30. The Balaban J connectivity index is 1.29. The second-order valence-electron chi connectivity index (χ2n) is 6.56. The molecule has 150 valence electrons. The van der Waals surface area contributed by atoms with Gasteiger partial charge in [0.15, 0.2) is 17.5 Å². The van der Waals surface area contributed by atoms with Crippen LogP contribution in [0.1, 0.15) is 5.56 Å². The van der Waals surface area contributed by atoms with Crippen molar-refractivity contribution in [3.05, 3.63) is 72.6 Å². The fourth-order valence-corrected chi connectivity index (χ4v) is 3.05. The number of hydrogen-bond donors (Lipinski definition) is 2. The molecule has 0 saturated heterocycles. The van der Waals surface area contributed by atoms with Gasteiger partial charge in [0, 0.05) is 26.0 Å². The smallest absolute Gasteiger partial charge is 0.191 e. The maximum Gasteiger partial charge on any atom is 0.191 e. The topological polar surface area (TPSA) is 72.7 Å². The molecule has 1 aliphatic rings. The Hall–Kier alpha value is -3.55. The summed E-state index contributed by atoms with van der Waals surface area (Å²) in [5, 5.41) is 6.40. The number of halogens is 1. The van der Waals surface area contributed by atoms with Gasteiger partial charge in [-0.15, -0.1) is 0 Å². The summed E-state index contributed by atoms with van der Waals surface area (Å²) in [5.74, 6) is 1.79. The lowest BCUT2D eigenvalue weighted by Crippen LogP contribution is -2.45. The number of benzene rings is 2. The van der Waals surface area contributed by atoms with Gasteiger partial charge < -0.3 is 24.7 Å². The monoisotopic (exact) mass is 395 g/mol. The summed E-state index contributed by atoms with van der Waals surface area (Å²) in [6.07, 6.45) is 4.76. The highest BCUT2D eigenvalue weighted by atomic mass is 19.1. The second-order valence-corrected chi connectivity index (χ2v) is 6.56. The largest absolute Gasteiger partial charge is 0.486 e. The van der Waals surface area contributed by atoms with E-state index < -0.39 is 0 Å². The van der Waals surface area contributed by atoms with E-state index in [1.165, 1.54) is 6.07 Å². The molecule has 0 amide bonds. The number of ether oxygens (including phenoxy) is 2. The van der Waals surface area contributed by atoms with Crippen molar-refractivity contribution in [3.8, 4) is 17.2 Å². The maximum atomic E-state index is 14.4. The molecule has 1 unspecified atom stereocenters. The van der Waals surface area contributed by atoms with Crippen molar-refractivity contribution in [1.29, 1.82) is 0 Å². The van der Waals surface area contributed by atoms with Crippen LogP contribution in [0.5, 0.6) is 11.5 Å².